The van der Waals surface area contributed by atoms with Crippen LogP contribution >= 0.6 is 0 Å². The molecule has 0 bridgehead atoms. The third-order valence-corrected chi connectivity index (χ3v) is 4.37. The summed E-state index contributed by atoms with van der Waals surface area (Å²) < 4.78 is 5.78. The summed E-state index contributed by atoms with van der Waals surface area (Å²) in [5.74, 6) is 0.631. The highest BCUT2D eigenvalue weighted by molar-refractivity contribution is 5.85. The smallest absolute Gasteiger partial charge is 0.237 e. The first-order chi connectivity index (χ1) is 9.56. The van der Waals surface area contributed by atoms with Crippen molar-refractivity contribution in [2.24, 2.45) is 17.4 Å². The Morgan fingerprint density at radius 3 is 3.00 bits per heavy atom. The van der Waals surface area contributed by atoms with E-state index in [1.54, 1.807) is 0 Å². The molecule has 2 atom stereocenters. The molecule has 1 aliphatic rings. The minimum atomic E-state index is -0.839. The summed E-state index contributed by atoms with van der Waals surface area (Å²) in [5, 5.41) is 0. The van der Waals surface area contributed by atoms with Gasteiger partial charge in [-0.1, -0.05) is 25.5 Å². The van der Waals surface area contributed by atoms with E-state index in [2.05, 4.69) is 19.1 Å². The van der Waals surface area contributed by atoms with Crippen molar-refractivity contribution < 1.29 is 9.53 Å². The average Bonchev–Trinajstić information content (AvgIpc) is 2.82. The van der Waals surface area contributed by atoms with E-state index in [1.165, 1.54) is 5.56 Å². The topological polar surface area (TPSA) is 78.3 Å². The van der Waals surface area contributed by atoms with Crippen LogP contribution in [0.15, 0.2) is 24.3 Å². The quantitative estimate of drug-likeness (QED) is 0.834. The zero-order valence-corrected chi connectivity index (χ0v) is 12.1. The van der Waals surface area contributed by atoms with Gasteiger partial charge in [0.25, 0.3) is 0 Å². The summed E-state index contributed by atoms with van der Waals surface area (Å²) in [6, 6.07) is 8.10. The highest BCUT2D eigenvalue weighted by atomic mass is 16.5. The summed E-state index contributed by atoms with van der Waals surface area (Å²) in [4.78, 5) is 11.5. The summed E-state index contributed by atoms with van der Waals surface area (Å²) in [6.07, 6.45) is 4.38. The molecule has 0 aromatic heterocycles. The first-order valence-electron chi connectivity index (χ1n) is 7.37. The zero-order valence-electron chi connectivity index (χ0n) is 12.1. The fourth-order valence-electron chi connectivity index (χ4n) is 3.00. The number of ether oxygens (including phenoxy) is 1. The number of hydrogen-bond donors (Lipinski definition) is 2. The maximum atomic E-state index is 11.5. The van der Waals surface area contributed by atoms with Crippen molar-refractivity contribution in [2.75, 3.05) is 6.61 Å². The third kappa shape index (κ3) is 3.12. The molecule has 20 heavy (non-hydrogen) atoms. The van der Waals surface area contributed by atoms with Crippen LogP contribution in [0.2, 0.25) is 0 Å². The van der Waals surface area contributed by atoms with Gasteiger partial charge in [-0.25, -0.2) is 0 Å². The van der Waals surface area contributed by atoms with E-state index in [4.69, 9.17) is 16.2 Å². The lowest BCUT2D eigenvalue weighted by Crippen LogP contribution is -2.54. The molecule has 0 saturated heterocycles. The van der Waals surface area contributed by atoms with Crippen molar-refractivity contribution in [2.45, 2.75) is 44.6 Å². The molecule has 1 fully saturated rings. The highest BCUT2D eigenvalue weighted by Gasteiger charge is 2.43. The number of benzene rings is 1. The fourth-order valence-corrected chi connectivity index (χ4v) is 3.00. The summed E-state index contributed by atoms with van der Waals surface area (Å²) >= 11 is 0. The van der Waals surface area contributed by atoms with Crippen molar-refractivity contribution >= 4 is 5.91 Å². The largest absolute Gasteiger partial charge is 0.494 e. The summed E-state index contributed by atoms with van der Waals surface area (Å²) in [5.41, 5.74) is 12.0. The molecule has 1 aliphatic carbocycles. The normalized spacial score (nSPS) is 25.6. The van der Waals surface area contributed by atoms with Gasteiger partial charge >= 0.3 is 0 Å². The Labute approximate surface area is 120 Å². The first kappa shape index (κ1) is 14.9. The number of aryl methyl sites for hydroxylation is 1. The number of carbonyl (C=O) groups is 1. The van der Waals surface area contributed by atoms with Crippen LogP contribution in [0.1, 0.15) is 38.2 Å². The van der Waals surface area contributed by atoms with Gasteiger partial charge in [0.05, 0.1) is 12.1 Å². The highest BCUT2D eigenvalue weighted by Crippen LogP contribution is 2.35. The zero-order chi connectivity index (χ0) is 14.6. The summed E-state index contributed by atoms with van der Waals surface area (Å²) in [7, 11) is 0. The Bertz CT molecular complexity index is 475. The van der Waals surface area contributed by atoms with Gasteiger partial charge in [0.15, 0.2) is 0 Å². The molecule has 0 aliphatic heterocycles. The van der Waals surface area contributed by atoms with Gasteiger partial charge in [0.1, 0.15) is 5.75 Å². The van der Waals surface area contributed by atoms with Gasteiger partial charge in [-0.3, -0.25) is 4.79 Å². The minimum Gasteiger partial charge on any atom is -0.494 e. The average molecular weight is 276 g/mol. The van der Waals surface area contributed by atoms with Crippen molar-refractivity contribution in [1.82, 2.24) is 0 Å². The lowest BCUT2D eigenvalue weighted by atomic mass is 9.85. The lowest BCUT2D eigenvalue weighted by Gasteiger charge is -2.27. The van der Waals surface area contributed by atoms with E-state index in [1.807, 2.05) is 12.1 Å². The summed E-state index contributed by atoms with van der Waals surface area (Å²) in [6.45, 7) is 2.69. The number of rotatable bonds is 6. The second-order valence-electron chi connectivity index (χ2n) is 5.63. The lowest BCUT2D eigenvalue weighted by molar-refractivity contribution is -0.124. The van der Waals surface area contributed by atoms with Crippen LogP contribution in [-0.4, -0.2) is 18.1 Å². The molecule has 4 heteroatoms. The van der Waals surface area contributed by atoms with Crippen LogP contribution in [0.5, 0.6) is 5.75 Å². The molecule has 0 heterocycles. The standard InChI is InChI=1S/C16H24N2O2/c1-2-12-5-3-7-14(11-12)20-10-8-13-6-4-9-16(13,18)15(17)19/h3,5,7,11,13H,2,4,6,8-10,18H2,1H3,(H2,17,19). The Morgan fingerprint density at radius 1 is 1.50 bits per heavy atom. The van der Waals surface area contributed by atoms with Gasteiger partial charge in [-0.15, -0.1) is 0 Å². The fraction of sp³-hybridized carbons (Fsp3) is 0.562. The van der Waals surface area contributed by atoms with Crippen LogP contribution in [-0.2, 0) is 11.2 Å². The van der Waals surface area contributed by atoms with Crippen molar-refractivity contribution in [3.63, 3.8) is 0 Å². The van der Waals surface area contributed by atoms with Crippen molar-refractivity contribution in [3.05, 3.63) is 29.8 Å². The Kier molecular flexibility index (Phi) is 4.65. The van der Waals surface area contributed by atoms with Crippen LogP contribution in [0.25, 0.3) is 0 Å². The predicted octanol–water partition coefficient (Wildman–Crippen LogP) is 2.00. The van der Waals surface area contributed by atoms with E-state index in [9.17, 15) is 4.79 Å². The Morgan fingerprint density at radius 2 is 2.30 bits per heavy atom. The minimum absolute atomic E-state index is 0.134. The molecule has 1 aromatic carbocycles. The van der Waals surface area contributed by atoms with E-state index >= 15 is 0 Å². The second kappa shape index (κ2) is 6.27. The number of nitrogens with two attached hydrogens (primary N) is 2. The molecule has 2 rings (SSSR count). The maximum Gasteiger partial charge on any atom is 0.237 e. The Hall–Kier alpha value is -1.55. The third-order valence-electron chi connectivity index (χ3n) is 4.37. The second-order valence-corrected chi connectivity index (χ2v) is 5.63. The molecule has 1 saturated carbocycles. The molecule has 4 nitrogen and oxygen atoms in total. The number of carbonyl (C=O) groups excluding carboxylic acids is 1. The van der Waals surface area contributed by atoms with Crippen LogP contribution in [0.4, 0.5) is 0 Å². The molecule has 1 amide bonds. The van der Waals surface area contributed by atoms with Gasteiger partial charge in [0.2, 0.25) is 5.91 Å². The van der Waals surface area contributed by atoms with E-state index in [0.29, 0.717) is 13.0 Å². The van der Waals surface area contributed by atoms with Gasteiger partial charge in [-0.05, 0) is 49.3 Å². The maximum absolute atomic E-state index is 11.5. The van der Waals surface area contributed by atoms with Gasteiger partial charge in [0, 0.05) is 0 Å². The van der Waals surface area contributed by atoms with Crippen LogP contribution in [0.3, 0.4) is 0 Å². The monoisotopic (exact) mass is 276 g/mol. The first-order valence-corrected chi connectivity index (χ1v) is 7.37. The molecule has 1 aromatic rings. The SMILES string of the molecule is CCc1cccc(OCCC2CCCC2(N)C(N)=O)c1. The van der Waals surface area contributed by atoms with Gasteiger partial charge in [-0.2, -0.15) is 0 Å². The number of primary amides is 1. The predicted molar refractivity (Wildman–Crippen MR) is 79.4 cm³/mol. The molecule has 0 radical (unpaired) electrons. The number of amides is 1. The van der Waals surface area contributed by atoms with Crippen molar-refractivity contribution in [1.29, 1.82) is 0 Å². The molecule has 2 unspecified atom stereocenters. The number of hydrogen-bond acceptors (Lipinski definition) is 3. The molecule has 110 valence electrons. The van der Waals surface area contributed by atoms with E-state index in [0.717, 1.165) is 31.4 Å². The molecular weight excluding hydrogens is 252 g/mol. The van der Waals surface area contributed by atoms with Crippen LogP contribution < -0.4 is 16.2 Å². The molecule has 4 N–H and O–H groups in total. The molecular formula is C16H24N2O2. The van der Waals surface area contributed by atoms with E-state index < -0.39 is 5.54 Å². The molecule has 0 spiro atoms. The van der Waals surface area contributed by atoms with Crippen molar-refractivity contribution in [3.8, 4) is 5.75 Å². The van der Waals surface area contributed by atoms with Gasteiger partial charge < -0.3 is 16.2 Å². The van der Waals surface area contributed by atoms with E-state index in [-0.39, 0.29) is 11.8 Å². The van der Waals surface area contributed by atoms with Crippen LogP contribution in [0, 0.1) is 5.92 Å². The Balaban J connectivity index is 1.88.